The second-order valence-corrected chi connectivity index (χ2v) is 8.28. The van der Waals surface area contributed by atoms with Crippen molar-refractivity contribution in [2.24, 2.45) is 0 Å². The number of benzene rings is 2. The fourth-order valence-corrected chi connectivity index (χ4v) is 4.08. The van der Waals surface area contributed by atoms with Gasteiger partial charge in [-0.15, -0.1) is 10.2 Å². The lowest BCUT2D eigenvalue weighted by Gasteiger charge is -2.28. The third kappa shape index (κ3) is 5.96. The van der Waals surface area contributed by atoms with E-state index in [0.29, 0.717) is 34.8 Å². The highest BCUT2D eigenvalue weighted by atomic mass is 32.2. The Bertz CT molecular complexity index is 1070. The lowest BCUT2D eigenvalue weighted by atomic mass is 10.2. The van der Waals surface area contributed by atoms with Gasteiger partial charge in [0.15, 0.2) is 11.5 Å². The van der Waals surface area contributed by atoms with E-state index in [1.807, 2.05) is 30.3 Å². The van der Waals surface area contributed by atoms with Crippen molar-refractivity contribution in [3.8, 4) is 23.0 Å². The average molecular weight is 471 g/mol. The second-order valence-electron chi connectivity index (χ2n) is 7.24. The molecule has 1 amide bonds. The van der Waals surface area contributed by atoms with Crippen molar-refractivity contribution in [3.63, 3.8) is 0 Å². The van der Waals surface area contributed by atoms with Gasteiger partial charge >= 0.3 is 0 Å². The van der Waals surface area contributed by atoms with Crippen molar-refractivity contribution < 1.29 is 23.4 Å². The Balaban J connectivity index is 1.25. The molecule has 1 aromatic heterocycles. The highest BCUT2D eigenvalue weighted by molar-refractivity contribution is 7.99. The molecule has 0 aliphatic carbocycles. The summed E-state index contributed by atoms with van der Waals surface area (Å²) in [7, 11) is 3.15. The summed E-state index contributed by atoms with van der Waals surface area (Å²) < 4.78 is 21.7. The van der Waals surface area contributed by atoms with Gasteiger partial charge in [0.2, 0.25) is 11.8 Å². The number of nitrogens with zero attached hydrogens (tertiary/aromatic N) is 3. The lowest BCUT2D eigenvalue weighted by Crippen LogP contribution is -2.36. The van der Waals surface area contributed by atoms with Gasteiger partial charge < -0.3 is 28.8 Å². The Labute approximate surface area is 196 Å². The minimum absolute atomic E-state index is 0.0683. The van der Waals surface area contributed by atoms with Crippen LogP contribution in [0, 0.1) is 0 Å². The van der Waals surface area contributed by atoms with Crippen LogP contribution in [0.2, 0.25) is 0 Å². The first kappa shape index (κ1) is 22.9. The van der Waals surface area contributed by atoms with Crippen LogP contribution in [0.4, 0.5) is 11.4 Å². The molecule has 10 heteroatoms. The number of aromatic nitrogens is 2. The largest absolute Gasteiger partial charge is 0.493 e. The van der Waals surface area contributed by atoms with Crippen LogP contribution in [0.15, 0.2) is 52.1 Å². The Morgan fingerprint density at radius 2 is 1.82 bits per heavy atom. The number of anilines is 2. The number of hydrogen-bond acceptors (Lipinski definition) is 9. The van der Waals surface area contributed by atoms with E-state index in [-0.39, 0.29) is 5.91 Å². The molecule has 0 radical (unpaired) electrons. The first-order chi connectivity index (χ1) is 16.2. The van der Waals surface area contributed by atoms with Gasteiger partial charge in [0.05, 0.1) is 27.4 Å². The van der Waals surface area contributed by atoms with Crippen molar-refractivity contribution >= 4 is 29.0 Å². The Kier molecular flexibility index (Phi) is 7.69. The maximum Gasteiger partial charge on any atom is 0.276 e. The molecule has 1 aliphatic heterocycles. The van der Waals surface area contributed by atoms with Crippen molar-refractivity contribution in [1.29, 1.82) is 0 Å². The van der Waals surface area contributed by atoms with Gasteiger partial charge in [0.1, 0.15) is 0 Å². The molecule has 1 aliphatic rings. The summed E-state index contributed by atoms with van der Waals surface area (Å²) in [6.45, 7) is 3.25. The fourth-order valence-electron chi connectivity index (χ4n) is 3.39. The summed E-state index contributed by atoms with van der Waals surface area (Å²) in [5, 5.41) is 11.5. The van der Waals surface area contributed by atoms with E-state index < -0.39 is 0 Å². The van der Waals surface area contributed by atoms with Gasteiger partial charge in [-0.25, -0.2) is 0 Å². The zero-order valence-corrected chi connectivity index (χ0v) is 19.4. The zero-order chi connectivity index (χ0) is 23.0. The topological polar surface area (TPSA) is 99.0 Å². The molecule has 0 saturated carbocycles. The SMILES string of the molecule is COc1ccc(-c2nnc(SCCC(=O)Nc3ccc(N4CCOCC4)cc3)o2)cc1OC. The molecule has 0 atom stereocenters. The van der Waals surface area contributed by atoms with Gasteiger partial charge in [-0.3, -0.25) is 4.79 Å². The van der Waals surface area contributed by atoms with E-state index >= 15 is 0 Å². The van der Waals surface area contributed by atoms with Gasteiger partial charge in [-0.05, 0) is 42.5 Å². The Morgan fingerprint density at radius 3 is 2.55 bits per heavy atom. The number of carbonyl (C=O) groups is 1. The average Bonchev–Trinajstić information content (AvgIpc) is 3.33. The van der Waals surface area contributed by atoms with E-state index in [1.54, 1.807) is 26.4 Å². The predicted molar refractivity (Wildman–Crippen MR) is 126 cm³/mol. The molecule has 3 aromatic rings. The first-order valence-corrected chi connectivity index (χ1v) is 11.6. The summed E-state index contributed by atoms with van der Waals surface area (Å²) >= 11 is 1.34. The molecule has 0 bridgehead atoms. The lowest BCUT2D eigenvalue weighted by molar-refractivity contribution is -0.115. The molecule has 2 heterocycles. The van der Waals surface area contributed by atoms with Crippen LogP contribution in [0.1, 0.15) is 6.42 Å². The number of thioether (sulfide) groups is 1. The van der Waals surface area contributed by atoms with E-state index in [9.17, 15) is 4.79 Å². The number of ether oxygens (including phenoxy) is 3. The molecular formula is C23H26N4O5S. The molecule has 174 valence electrons. The van der Waals surface area contributed by atoms with Crippen LogP contribution in [0.5, 0.6) is 11.5 Å². The standard InChI is InChI=1S/C23H26N4O5S/c1-29-19-8-3-16(15-20(19)30-2)22-25-26-23(32-22)33-14-9-21(28)24-17-4-6-18(7-5-17)27-10-12-31-13-11-27/h3-8,15H,9-14H2,1-2H3,(H,24,28). The van der Waals surface area contributed by atoms with Crippen LogP contribution in [0.25, 0.3) is 11.5 Å². The maximum absolute atomic E-state index is 12.3. The van der Waals surface area contributed by atoms with Crippen LogP contribution in [-0.2, 0) is 9.53 Å². The molecule has 1 N–H and O–H groups in total. The monoisotopic (exact) mass is 470 g/mol. The van der Waals surface area contributed by atoms with Crippen molar-refractivity contribution in [2.75, 3.05) is 56.5 Å². The van der Waals surface area contributed by atoms with Gasteiger partial charge in [0, 0.05) is 42.2 Å². The summed E-state index contributed by atoms with van der Waals surface area (Å²) in [6, 6.07) is 13.3. The smallest absolute Gasteiger partial charge is 0.276 e. The Hall–Kier alpha value is -3.24. The number of rotatable bonds is 9. The quantitative estimate of drug-likeness (QED) is 0.469. The number of hydrogen-bond donors (Lipinski definition) is 1. The van der Waals surface area contributed by atoms with Crippen LogP contribution in [-0.4, -0.2) is 62.4 Å². The Morgan fingerprint density at radius 1 is 1.06 bits per heavy atom. The molecule has 2 aromatic carbocycles. The summed E-state index contributed by atoms with van der Waals surface area (Å²) in [4.78, 5) is 14.6. The number of nitrogens with one attached hydrogen (secondary N) is 1. The molecule has 4 rings (SSSR count). The predicted octanol–water partition coefficient (Wildman–Crippen LogP) is 3.71. The van der Waals surface area contributed by atoms with Crippen LogP contribution in [0.3, 0.4) is 0 Å². The van der Waals surface area contributed by atoms with Crippen molar-refractivity contribution in [1.82, 2.24) is 10.2 Å². The minimum atomic E-state index is -0.0683. The third-order valence-corrected chi connectivity index (χ3v) is 5.94. The van der Waals surface area contributed by atoms with Crippen LogP contribution >= 0.6 is 11.8 Å². The van der Waals surface area contributed by atoms with Gasteiger partial charge in [-0.1, -0.05) is 11.8 Å². The molecular weight excluding hydrogens is 444 g/mol. The van der Waals surface area contributed by atoms with Gasteiger partial charge in [0.25, 0.3) is 5.22 Å². The molecule has 1 fully saturated rings. The van der Waals surface area contributed by atoms with E-state index in [2.05, 4.69) is 20.4 Å². The summed E-state index contributed by atoms with van der Waals surface area (Å²) in [5.74, 6) is 2.03. The highest BCUT2D eigenvalue weighted by Gasteiger charge is 2.14. The summed E-state index contributed by atoms with van der Waals surface area (Å²) in [5.41, 5.74) is 2.63. The molecule has 1 saturated heterocycles. The first-order valence-electron chi connectivity index (χ1n) is 10.6. The normalized spacial score (nSPS) is 13.6. The molecule has 33 heavy (non-hydrogen) atoms. The van der Waals surface area contributed by atoms with Crippen molar-refractivity contribution in [2.45, 2.75) is 11.6 Å². The van der Waals surface area contributed by atoms with Crippen molar-refractivity contribution in [3.05, 3.63) is 42.5 Å². The molecule has 0 unspecified atom stereocenters. The second kappa shape index (κ2) is 11.1. The van der Waals surface area contributed by atoms with E-state index in [0.717, 1.165) is 43.2 Å². The number of amides is 1. The minimum Gasteiger partial charge on any atom is -0.493 e. The third-order valence-electron chi connectivity index (χ3n) is 5.12. The van der Waals surface area contributed by atoms with Crippen LogP contribution < -0.4 is 19.7 Å². The molecule has 0 spiro atoms. The number of carbonyl (C=O) groups excluding carboxylic acids is 1. The zero-order valence-electron chi connectivity index (χ0n) is 18.6. The van der Waals surface area contributed by atoms with Gasteiger partial charge in [-0.2, -0.15) is 0 Å². The number of morpholine rings is 1. The molecule has 9 nitrogen and oxygen atoms in total. The summed E-state index contributed by atoms with van der Waals surface area (Å²) in [6.07, 6.45) is 0.323. The van der Waals surface area contributed by atoms with E-state index in [1.165, 1.54) is 11.8 Å². The highest BCUT2D eigenvalue weighted by Crippen LogP contribution is 2.32. The fraction of sp³-hybridized carbons (Fsp3) is 0.348. The van der Waals surface area contributed by atoms with E-state index in [4.69, 9.17) is 18.6 Å². The number of methoxy groups -OCH3 is 2. The maximum atomic E-state index is 12.3.